The van der Waals surface area contributed by atoms with Crippen molar-refractivity contribution in [1.29, 1.82) is 0 Å². The summed E-state index contributed by atoms with van der Waals surface area (Å²) in [6.45, 7) is 3.57. The summed E-state index contributed by atoms with van der Waals surface area (Å²) in [5.41, 5.74) is 0.419. The number of anilines is 1. The highest BCUT2D eigenvalue weighted by Gasteiger charge is 2.25. The van der Waals surface area contributed by atoms with Crippen LogP contribution in [0.25, 0.3) is 11.2 Å². The summed E-state index contributed by atoms with van der Waals surface area (Å²) in [6, 6.07) is 2.13. The summed E-state index contributed by atoms with van der Waals surface area (Å²) in [5, 5.41) is 14.1. The Morgan fingerprint density at radius 2 is 1.88 bits per heavy atom. The number of amides is 2. The number of aliphatic carboxylic acids is 1. The van der Waals surface area contributed by atoms with Gasteiger partial charge in [0.25, 0.3) is 0 Å². The molecule has 0 spiro atoms. The number of fused-ring (bicyclic) bond motifs is 1. The molecule has 0 fully saturated rings. The standard InChI is InChI=1S/C16H21N5O5/c1-3-8(2)13(15(24)25)20-12(23)7-6-11(22)18-10-5-4-9-14(19-10)21-16(26)17-9/h4-5,8,13H,3,6-7H2,1-2H3,(H,20,23)(H,24,25)(H3,17,18,19,21,22,26)/t8-,13-/m0/s1. The number of carbonyl (C=O) groups is 3. The van der Waals surface area contributed by atoms with Crippen molar-refractivity contribution >= 4 is 34.8 Å². The second-order valence-electron chi connectivity index (χ2n) is 5.99. The van der Waals surface area contributed by atoms with Crippen LogP contribution in [0.4, 0.5) is 5.82 Å². The van der Waals surface area contributed by atoms with Crippen molar-refractivity contribution < 1.29 is 19.5 Å². The van der Waals surface area contributed by atoms with Crippen LogP contribution in [-0.2, 0) is 14.4 Å². The van der Waals surface area contributed by atoms with Crippen molar-refractivity contribution in [1.82, 2.24) is 20.3 Å². The van der Waals surface area contributed by atoms with Gasteiger partial charge in [0.1, 0.15) is 11.9 Å². The molecule has 0 unspecified atom stereocenters. The van der Waals surface area contributed by atoms with E-state index in [2.05, 4.69) is 25.6 Å². The van der Waals surface area contributed by atoms with E-state index in [0.29, 0.717) is 17.6 Å². The first kappa shape index (κ1) is 19.2. The monoisotopic (exact) mass is 363 g/mol. The number of hydrogen-bond donors (Lipinski definition) is 5. The predicted octanol–water partition coefficient (Wildman–Crippen LogP) is 0.585. The fraction of sp³-hybridized carbons (Fsp3) is 0.438. The van der Waals surface area contributed by atoms with Crippen LogP contribution in [0.3, 0.4) is 0 Å². The number of nitrogens with zero attached hydrogens (tertiary/aromatic N) is 1. The minimum absolute atomic E-state index is 0.123. The third-order valence-electron chi connectivity index (χ3n) is 4.02. The number of hydrogen-bond acceptors (Lipinski definition) is 5. The SMILES string of the molecule is CC[C@H](C)[C@H](NC(=O)CCC(=O)Nc1ccc2[nH]c(=O)[nH]c2n1)C(=O)O. The van der Waals surface area contributed by atoms with Crippen molar-refractivity contribution in [2.24, 2.45) is 5.92 Å². The molecule has 2 heterocycles. The van der Waals surface area contributed by atoms with Gasteiger partial charge in [-0.3, -0.25) is 14.6 Å². The Hall–Kier alpha value is -3.17. The van der Waals surface area contributed by atoms with Crippen LogP contribution in [0.5, 0.6) is 0 Å². The van der Waals surface area contributed by atoms with E-state index in [1.807, 2.05) is 6.92 Å². The fourth-order valence-electron chi connectivity index (χ4n) is 2.35. The van der Waals surface area contributed by atoms with E-state index in [4.69, 9.17) is 5.11 Å². The molecule has 0 bridgehead atoms. The molecule has 2 rings (SSSR count). The Balaban J connectivity index is 1.87. The average Bonchev–Trinajstić information content (AvgIpc) is 2.96. The topological polar surface area (TPSA) is 157 Å². The van der Waals surface area contributed by atoms with E-state index in [1.54, 1.807) is 13.0 Å². The molecule has 140 valence electrons. The molecule has 0 aromatic carbocycles. The summed E-state index contributed by atoms with van der Waals surface area (Å²) in [6.07, 6.45) is 0.338. The number of carboxylic acids is 1. The molecule has 0 aliphatic heterocycles. The first-order chi connectivity index (χ1) is 12.3. The zero-order valence-electron chi connectivity index (χ0n) is 14.5. The van der Waals surface area contributed by atoms with Crippen molar-refractivity contribution in [3.8, 4) is 0 Å². The number of carboxylic acid groups (broad SMARTS) is 1. The summed E-state index contributed by atoms with van der Waals surface area (Å²) in [5.74, 6) is -2.03. The van der Waals surface area contributed by atoms with E-state index >= 15 is 0 Å². The van der Waals surface area contributed by atoms with Crippen molar-refractivity contribution in [2.75, 3.05) is 5.32 Å². The van der Waals surface area contributed by atoms with Crippen molar-refractivity contribution in [3.63, 3.8) is 0 Å². The lowest BCUT2D eigenvalue weighted by molar-refractivity contribution is -0.143. The largest absolute Gasteiger partial charge is 0.480 e. The van der Waals surface area contributed by atoms with Crippen molar-refractivity contribution in [3.05, 3.63) is 22.6 Å². The number of aromatic amines is 2. The van der Waals surface area contributed by atoms with Crippen LogP contribution in [0, 0.1) is 5.92 Å². The highest BCUT2D eigenvalue weighted by atomic mass is 16.4. The lowest BCUT2D eigenvalue weighted by Gasteiger charge is -2.20. The molecular formula is C16H21N5O5. The van der Waals surface area contributed by atoms with Gasteiger partial charge >= 0.3 is 11.7 Å². The van der Waals surface area contributed by atoms with Crippen LogP contribution >= 0.6 is 0 Å². The maximum atomic E-state index is 11.9. The van der Waals surface area contributed by atoms with Gasteiger partial charge in [0.15, 0.2) is 5.65 Å². The van der Waals surface area contributed by atoms with Gasteiger partial charge in [-0.1, -0.05) is 20.3 Å². The molecule has 26 heavy (non-hydrogen) atoms. The Morgan fingerprint density at radius 1 is 1.19 bits per heavy atom. The number of carbonyl (C=O) groups excluding carboxylic acids is 2. The van der Waals surface area contributed by atoms with Crippen LogP contribution in [-0.4, -0.2) is 43.9 Å². The number of aromatic nitrogens is 3. The van der Waals surface area contributed by atoms with E-state index in [-0.39, 0.29) is 24.6 Å². The minimum Gasteiger partial charge on any atom is -0.480 e. The van der Waals surface area contributed by atoms with Gasteiger partial charge in [-0.05, 0) is 18.1 Å². The van der Waals surface area contributed by atoms with Gasteiger partial charge in [0, 0.05) is 12.8 Å². The maximum absolute atomic E-state index is 11.9. The highest BCUT2D eigenvalue weighted by Crippen LogP contribution is 2.11. The molecule has 2 atom stereocenters. The molecule has 5 N–H and O–H groups in total. The third kappa shape index (κ3) is 4.91. The molecule has 2 amide bonds. The summed E-state index contributed by atoms with van der Waals surface area (Å²) >= 11 is 0. The maximum Gasteiger partial charge on any atom is 0.326 e. The minimum atomic E-state index is -1.10. The molecule has 0 radical (unpaired) electrons. The normalized spacial score (nSPS) is 13.2. The Labute approximate surface area is 148 Å². The molecule has 10 heteroatoms. The summed E-state index contributed by atoms with van der Waals surface area (Å²) in [4.78, 5) is 55.3. The molecule has 0 saturated heterocycles. The lowest BCUT2D eigenvalue weighted by Crippen LogP contribution is -2.45. The van der Waals surface area contributed by atoms with Gasteiger partial charge in [-0.15, -0.1) is 0 Å². The number of nitrogens with one attached hydrogen (secondary N) is 4. The van der Waals surface area contributed by atoms with Gasteiger partial charge in [0.2, 0.25) is 11.8 Å². The van der Waals surface area contributed by atoms with E-state index in [1.165, 1.54) is 6.07 Å². The Morgan fingerprint density at radius 3 is 2.54 bits per heavy atom. The third-order valence-corrected chi connectivity index (χ3v) is 4.02. The van der Waals surface area contributed by atoms with E-state index in [9.17, 15) is 19.2 Å². The summed E-state index contributed by atoms with van der Waals surface area (Å²) < 4.78 is 0. The lowest BCUT2D eigenvalue weighted by atomic mass is 9.99. The van der Waals surface area contributed by atoms with E-state index < -0.39 is 29.5 Å². The van der Waals surface area contributed by atoms with Gasteiger partial charge in [-0.25, -0.2) is 14.6 Å². The second kappa shape index (κ2) is 8.28. The zero-order chi connectivity index (χ0) is 19.3. The molecule has 0 aliphatic rings. The highest BCUT2D eigenvalue weighted by molar-refractivity contribution is 5.93. The summed E-state index contributed by atoms with van der Waals surface area (Å²) in [7, 11) is 0. The molecule has 2 aromatic heterocycles. The molecule has 0 aliphatic carbocycles. The molecular weight excluding hydrogens is 342 g/mol. The predicted molar refractivity (Wildman–Crippen MR) is 93.6 cm³/mol. The first-order valence-corrected chi connectivity index (χ1v) is 8.21. The molecule has 0 saturated carbocycles. The first-order valence-electron chi connectivity index (χ1n) is 8.21. The van der Waals surface area contributed by atoms with Crippen LogP contribution in [0.15, 0.2) is 16.9 Å². The number of H-pyrrole nitrogens is 2. The van der Waals surface area contributed by atoms with Gasteiger partial charge in [-0.2, -0.15) is 0 Å². The van der Waals surface area contributed by atoms with Crippen LogP contribution < -0.4 is 16.3 Å². The second-order valence-corrected chi connectivity index (χ2v) is 5.99. The van der Waals surface area contributed by atoms with E-state index in [0.717, 1.165) is 0 Å². The zero-order valence-corrected chi connectivity index (χ0v) is 14.5. The number of rotatable bonds is 8. The van der Waals surface area contributed by atoms with Crippen molar-refractivity contribution in [2.45, 2.75) is 39.2 Å². The smallest absolute Gasteiger partial charge is 0.326 e. The number of imidazole rings is 1. The van der Waals surface area contributed by atoms with Crippen LogP contribution in [0.1, 0.15) is 33.1 Å². The van der Waals surface area contributed by atoms with Gasteiger partial charge < -0.3 is 20.7 Å². The fourth-order valence-corrected chi connectivity index (χ4v) is 2.35. The van der Waals surface area contributed by atoms with Crippen LogP contribution in [0.2, 0.25) is 0 Å². The number of pyridine rings is 1. The quantitative estimate of drug-likeness (QED) is 0.462. The van der Waals surface area contributed by atoms with Gasteiger partial charge in [0.05, 0.1) is 5.52 Å². The molecule has 10 nitrogen and oxygen atoms in total. The average molecular weight is 363 g/mol. The Kier molecular flexibility index (Phi) is 6.10. The Bertz CT molecular complexity index is 871. The molecule has 2 aromatic rings.